The largest absolute Gasteiger partial charge is 0.463 e. The zero-order valence-electron chi connectivity index (χ0n) is 8.56. The molecule has 1 atom stereocenters. The van der Waals surface area contributed by atoms with Crippen LogP contribution in [0.25, 0.3) is 0 Å². The number of rotatable bonds is 4. The van der Waals surface area contributed by atoms with E-state index in [1.807, 2.05) is 31.1 Å². The van der Waals surface area contributed by atoms with Crippen molar-refractivity contribution in [2.75, 3.05) is 27.2 Å². The Bertz CT molecular complexity index is 247. The number of esters is 1. The molecule has 0 aromatic carbocycles. The van der Waals surface area contributed by atoms with E-state index in [1.54, 1.807) is 12.3 Å². The maximum atomic E-state index is 11.4. The van der Waals surface area contributed by atoms with Gasteiger partial charge in [-0.1, -0.05) is 12.2 Å². The zero-order chi connectivity index (χ0) is 10.4. The van der Waals surface area contributed by atoms with Crippen LogP contribution in [0.2, 0.25) is 0 Å². The molecule has 0 aromatic rings. The molecule has 0 fully saturated rings. The minimum atomic E-state index is -0.331. The molecule has 78 valence electrons. The highest BCUT2D eigenvalue weighted by molar-refractivity contribution is 5.78. The molecule has 0 aliphatic carbocycles. The smallest absolute Gasteiger partial charge is 0.332 e. The molecule has 0 bridgehead atoms. The lowest BCUT2D eigenvalue weighted by Gasteiger charge is -2.15. The molecule has 1 unspecified atom stereocenters. The average Bonchev–Trinajstić information content (AvgIpc) is 2.18. The van der Waals surface area contributed by atoms with Crippen LogP contribution >= 0.6 is 0 Å². The predicted molar refractivity (Wildman–Crippen MR) is 54.7 cm³/mol. The van der Waals surface area contributed by atoms with Crippen LogP contribution in [0.1, 0.15) is 0 Å². The Morgan fingerprint density at radius 1 is 1.50 bits per heavy atom. The number of hydrogen-bond donors (Lipinski definition) is 1. The van der Waals surface area contributed by atoms with E-state index in [-0.39, 0.29) is 12.0 Å². The molecule has 0 saturated carbocycles. The number of carbonyl (C=O) groups is 1. The molecule has 1 N–H and O–H groups in total. The fourth-order valence-corrected chi connectivity index (χ4v) is 1.01. The Balaban J connectivity index is 2.21. The summed E-state index contributed by atoms with van der Waals surface area (Å²) in [5.41, 5.74) is 0. The van der Waals surface area contributed by atoms with E-state index in [1.165, 1.54) is 0 Å². The van der Waals surface area contributed by atoms with Gasteiger partial charge in [0.25, 0.3) is 0 Å². The van der Waals surface area contributed by atoms with Crippen molar-refractivity contribution in [2.45, 2.75) is 6.04 Å². The van der Waals surface area contributed by atoms with E-state index in [9.17, 15) is 4.79 Å². The zero-order valence-corrected chi connectivity index (χ0v) is 8.56. The van der Waals surface area contributed by atoms with Crippen molar-refractivity contribution in [3.63, 3.8) is 0 Å². The number of ether oxygens (including phenoxy) is 1. The van der Waals surface area contributed by atoms with Gasteiger partial charge in [-0.2, -0.15) is 0 Å². The van der Waals surface area contributed by atoms with Gasteiger partial charge >= 0.3 is 5.97 Å². The van der Waals surface area contributed by atoms with Crippen LogP contribution in [-0.2, 0) is 9.53 Å². The van der Waals surface area contributed by atoms with Crippen molar-refractivity contribution < 1.29 is 9.53 Å². The number of allylic oxidation sites excluding steroid dienone is 2. The van der Waals surface area contributed by atoms with Crippen LogP contribution in [0.5, 0.6) is 0 Å². The Hall–Kier alpha value is -1.29. The van der Waals surface area contributed by atoms with Gasteiger partial charge in [-0.3, -0.25) is 0 Å². The summed E-state index contributed by atoms with van der Waals surface area (Å²) in [6.07, 6.45) is 7.17. The SMILES string of the molecule is CN(C)CCOC(=O)C1C=CC=CN1. The third-order valence-corrected chi connectivity index (χ3v) is 1.82. The van der Waals surface area contributed by atoms with Gasteiger partial charge in [-0.25, -0.2) is 4.79 Å². The number of hydrogen-bond acceptors (Lipinski definition) is 4. The van der Waals surface area contributed by atoms with Crippen LogP contribution < -0.4 is 5.32 Å². The molecule has 1 heterocycles. The lowest BCUT2D eigenvalue weighted by Crippen LogP contribution is -2.35. The van der Waals surface area contributed by atoms with Crippen LogP contribution in [0.4, 0.5) is 0 Å². The van der Waals surface area contributed by atoms with Gasteiger partial charge in [-0.05, 0) is 26.4 Å². The average molecular weight is 196 g/mol. The van der Waals surface area contributed by atoms with Crippen LogP contribution in [0, 0.1) is 0 Å². The molecule has 0 saturated heterocycles. The van der Waals surface area contributed by atoms with Gasteiger partial charge in [-0.15, -0.1) is 0 Å². The number of likely N-dealkylation sites (N-methyl/N-ethyl adjacent to an activating group) is 1. The van der Waals surface area contributed by atoms with E-state index in [2.05, 4.69) is 5.32 Å². The number of nitrogens with one attached hydrogen (secondary N) is 1. The predicted octanol–water partition coefficient (Wildman–Crippen LogP) is 0.133. The van der Waals surface area contributed by atoms with Crippen molar-refractivity contribution in [3.8, 4) is 0 Å². The molecule has 1 aliphatic rings. The number of nitrogens with zero attached hydrogens (tertiary/aromatic N) is 1. The lowest BCUT2D eigenvalue weighted by atomic mass is 10.2. The number of carbonyl (C=O) groups excluding carboxylic acids is 1. The van der Waals surface area contributed by atoms with Crippen molar-refractivity contribution in [1.29, 1.82) is 0 Å². The summed E-state index contributed by atoms with van der Waals surface area (Å²) in [6.45, 7) is 1.18. The molecule has 0 radical (unpaired) electrons. The van der Waals surface area contributed by atoms with E-state index in [4.69, 9.17) is 4.74 Å². The summed E-state index contributed by atoms with van der Waals surface area (Å²) in [5, 5.41) is 2.90. The van der Waals surface area contributed by atoms with Crippen molar-refractivity contribution in [1.82, 2.24) is 10.2 Å². The summed E-state index contributed by atoms with van der Waals surface area (Å²) in [4.78, 5) is 13.4. The lowest BCUT2D eigenvalue weighted by molar-refractivity contribution is -0.144. The van der Waals surface area contributed by atoms with Crippen LogP contribution in [0.15, 0.2) is 24.4 Å². The van der Waals surface area contributed by atoms with Gasteiger partial charge in [0, 0.05) is 6.54 Å². The standard InChI is InChI=1S/C10H16N2O2/c1-12(2)7-8-14-10(13)9-5-3-4-6-11-9/h3-6,9,11H,7-8H2,1-2H3. The third-order valence-electron chi connectivity index (χ3n) is 1.82. The molecule has 0 spiro atoms. The molecular formula is C10H16N2O2. The van der Waals surface area contributed by atoms with E-state index in [0.29, 0.717) is 6.61 Å². The van der Waals surface area contributed by atoms with E-state index in [0.717, 1.165) is 6.54 Å². The molecule has 1 rings (SSSR count). The first kappa shape index (κ1) is 10.8. The maximum absolute atomic E-state index is 11.4. The second-order valence-electron chi connectivity index (χ2n) is 3.36. The Kier molecular flexibility index (Phi) is 4.19. The van der Waals surface area contributed by atoms with Gasteiger partial charge in [0.15, 0.2) is 0 Å². The second-order valence-corrected chi connectivity index (χ2v) is 3.36. The van der Waals surface area contributed by atoms with Gasteiger partial charge in [0.05, 0.1) is 0 Å². The Labute approximate surface area is 84.2 Å². The summed E-state index contributed by atoms with van der Waals surface area (Å²) in [7, 11) is 3.88. The van der Waals surface area contributed by atoms with Crippen molar-refractivity contribution >= 4 is 5.97 Å². The van der Waals surface area contributed by atoms with Crippen LogP contribution in [0.3, 0.4) is 0 Å². The summed E-state index contributed by atoms with van der Waals surface area (Å²) in [5.74, 6) is -0.229. The molecule has 1 aliphatic heterocycles. The topological polar surface area (TPSA) is 41.6 Å². The first-order chi connectivity index (χ1) is 6.70. The minimum absolute atomic E-state index is 0.229. The number of dihydropyridines is 1. The molecule has 4 heteroatoms. The van der Waals surface area contributed by atoms with Gasteiger partial charge in [0.1, 0.15) is 12.6 Å². The summed E-state index contributed by atoms with van der Waals surface area (Å²) < 4.78 is 5.06. The van der Waals surface area contributed by atoms with Crippen molar-refractivity contribution in [2.24, 2.45) is 0 Å². The highest BCUT2D eigenvalue weighted by Gasteiger charge is 2.15. The molecule has 0 amide bonds. The van der Waals surface area contributed by atoms with Crippen molar-refractivity contribution in [3.05, 3.63) is 24.4 Å². The highest BCUT2D eigenvalue weighted by Crippen LogP contribution is 1.97. The fourth-order valence-electron chi connectivity index (χ4n) is 1.01. The van der Waals surface area contributed by atoms with E-state index >= 15 is 0 Å². The quantitative estimate of drug-likeness (QED) is 0.649. The Morgan fingerprint density at radius 3 is 2.86 bits per heavy atom. The highest BCUT2D eigenvalue weighted by atomic mass is 16.5. The minimum Gasteiger partial charge on any atom is -0.463 e. The second kappa shape index (κ2) is 5.44. The molecule has 4 nitrogen and oxygen atoms in total. The summed E-state index contributed by atoms with van der Waals surface area (Å²) >= 11 is 0. The first-order valence-electron chi connectivity index (χ1n) is 4.61. The summed E-state index contributed by atoms with van der Waals surface area (Å²) in [6, 6.07) is -0.331. The third kappa shape index (κ3) is 3.62. The molecular weight excluding hydrogens is 180 g/mol. The van der Waals surface area contributed by atoms with E-state index < -0.39 is 0 Å². The maximum Gasteiger partial charge on any atom is 0.332 e. The van der Waals surface area contributed by atoms with Gasteiger partial charge < -0.3 is 15.0 Å². The van der Waals surface area contributed by atoms with Gasteiger partial charge in [0.2, 0.25) is 0 Å². The molecule has 14 heavy (non-hydrogen) atoms. The fraction of sp³-hybridized carbons (Fsp3) is 0.500. The molecule has 0 aromatic heterocycles. The first-order valence-corrected chi connectivity index (χ1v) is 4.61. The Morgan fingerprint density at radius 2 is 2.29 bits per heavy atom. The van der Waals surface area contributed by atoms with Crippen LogP contribution in [-0.4, -0.2) is 44.2 Å². The monoisotopic (exact) mass is 196 g/mol. The normalized spacial score (nSPS) is 19.5.